The molecule has 0 spiro atoms. The lowest BCUT2D eigenvalue weighted by Crippen LogP contribution is -2.21. The molecule has 0 atom stereocenters. The van der Waals surface area contributed by atoms with E-state index in [1.165, 1.54) is 24.4 Å². The molecule has 2 aromatic rings. The molecule has 0 aliphatic heterocycles. The third-order valence-electron chi connectivity index (χ3n) is 3.74. The number of methoxy groups -OCH3 is 1. The maximum Gasteiger partial charge on any atom is 0.343 e. The Morgan fingerprint density at radius 2 is 1.85 bits per heavy atom. The lowest BCUT2D eigenvalue weighted by molar-refractivity contribution is -0.138. The van der Waals surface area contributed by atoms with Crippen molar-refractivity contribution in [2.24, 2.45) is 0 Å². The first-order chi connectivity index (χ1) is 12.9. The van der Waals surface area contributed by atoms with E-state index in [1.807, 2.05) is 0 Å². The van der Waals surface area contributed by atoms with E-state index in [9.17, 15) is 14.0 Å². The van der Waals surface area contributed by atoms with Crippen LogP contribution in [0.2, 0.25) is 0 Å². The second-order valence-electron chi connectivity index (χ2n) is 5.50. The van der Waals surface area contributed by atoms with E-state index in [0.717, 1.165) is 0 Å². The van der Waals surface area contributed by atoms with Crippen LogP contribution in [-0.2, 0) is 9.53 Å². The Kier molecular flexibility index (Phi) is 7.12. The van der Waals surface area contributed by atoms with E-state index in [0.29, 0.717) is 11.4 Å². The minimum Gasteiger partial charge on any atom is -0.497 e. The van der Waals surface area contributed by atoms with Gasteiger partial charge >= 0.3 is 5.97 Å². The summed E-state index contributed by atoms with van der Waals surface area (Å²) in [5.74, 6) is -1.63. The summed E-state index contributed by atoms with van der Waals surface area (Å²) in [5.41, 5.74) is 0.221. The maximum atomic E-state index is 14.3. The first kappa shape index (κ1) is 20.6. The number of nitrogens with zero attached hydrogens (tertiary/aromatic N) is 1. The van der Waals surface area contributed by atoms with Gasteiger partial charge in [-0.3, -0.25) is 4.79 Å². The molecular formula is C20H19BrFNO4. The van der Waals surface area contributed by atoms with Crippen molar-refractivity contribution in [3.8, 4) is 5.75 Å². The zero-order valence-corrected chi connectivity index (χ0v) is 16.7. The molecule has 2 rings (SSSR count). The summed E-state index contributed by atoms with van der Waals surface area (Å²) in [6, 6.07) is 11.4. The standard InChI is InChI=1S/C20H19BrFNO4/c1-4-27-20(25)16(19(24)15-6-5-7-17(21)18(15)22)12-23(2)13-8-10-14(26-3)11-9-13/h5-12H,4H2,1-3H3. The number of Topliss-reactive ketones (excluding diaryl/α,β-unsaturated/α-hetero) is 1. The fourth-order valence-corrected chi connectivity index (χ4v) is 2.69. The van der Waals surface area contributed by atoms with E-state index in [-0.39, 0.29) is 22.2 Å². The van der Waals surface area contributed by atoms with Crippen LogP contribution in [0.5, 0.6) is 5.75 Å². The average molecular weight is 436 g/mol. The molecule has 0 aliphatic carbocycles. The van der Waals surface area contributed by atoms with Crippen LogP contribution in [0.15, 0.2) is 58.7 Å². The Labute approximate surface area is 165 Å². The number of carbonyl (C=O) groups is 2. The van der Waals surface area contributed by atoms with Gasteiger partial charge in [0.25, 0.3) is 0 Å². The van der Waals surface area contributed by atoms with Gasteiger partial charge in [0.05, 0.1) is 23.8 Å². The van der Waals surface area contributed by atoms with E-state index < -0.39 is 17.6 Å². The molecule has 27 heavy (non-hydrogen) atoms. The van der Waals surface area contributed by atoms with Gasteiger partial charge in [0.1, 0.15) is 17.1 Å². The molecule has 0 radical (unpaired) electrons. The van der Waals surface area contributed by atoms with Crippen molar-refractivity contribution in [2.75, 3.05) is 25.7 Å². The number of ketones is 1. The normalized spacial score (nSPS) is 11.1. The molecule has 0 saturated carbocycles. The molecule has 142 valence electrons. The lowest BCUT2D eigenvalue weighted by Gasteiger charge is -2.17. The highest BCUT2D eigenvalue weighted by molar-refractivity contribution is 9.10. The molecule has 0 saturated heterocycles. The third-order valence-corrected chi connectivity index (χ3v) is 4.35. The molecule has 0 fully saturated rings. The van der Waals surface area contributed by atoms with E-state index in [2.05, 4.69) is 15.9 Å². The molecule has 0 heterocycles. The smallest absolute Gasteiger partial charge is 0.343 e. The lowest BCUT2D eigenvalue weighted by atomic mass is 10.0. The highest BCUT2D eigenvalue weighted by Crippen LogP contribution is 2.23. The van der Waals surface area contributed by atoms with Crippen molar-refractivity contribution in [2.45, 2.75) is 6.92 Å². The van der Waals surface area contributed by atoms with Crippen molar-refractivity contribution >= 4 is 33.4 Å². The third kappa shape index (κ3) is 4.95. The van der Waals surface area contributed by atoms with E-state index >= 15 is 0 Å². The van der Waals surface area contributed by atoms with Gasteiger partial charge in [-0.1, -0.05) is 6.07 Å². The monoisotopic (exact) mass is 435 g/mol. The van der Waals surface area contributed by atoms with Crippen molar-refractivity contribution in [1.82, 2.24) is 0 Å². The Hall–Kier alpha value is -2.67. The summed E-state index contributed by atoms with van der Waals surface area (Å²) in [6.45, 7) is 1.73. The van der Waals surface area contributed by atoms with Gasteiger partial charge in [0.2, 0.25) is 5.78 Å². The summed E-state index contributed by atoms with van der Waals surface area (Å²) >= 11 is 3.05. The number of rotatable bonds is 7. The Bertz CT molecular complexity index is 865. The highest BCUT2D eigenvalue weighted by atomic mass is 79.9. The minimum absolute atomic E-state index is 0.0939. The van der Waals surface area contributed by atoms with Crippen LogP contribution in [-0.4, -0.2) is 32.5 Å². The largest absolute Gasteiger partial charge is 0.497 e. The van der Waals surface area contributed by atoms with Gasteiger partial charge in [-0.25, -0.2) is 9.18 Å². The molecule has 0 bridgehead atoms. The number of benzene rings is 2. The first-order valence-electron chi connectivity index (χ1n) is 8.13. The highest BCUT2D eigenvalue weighted by Gasteiger charge is 2.25. The summed E-state index contributed by atoms with van der Waals surface area (Å²) in [6.07, 6.45) is 1.34. The van der Waals surface area contributed by atoms with Crippen LogP contribution in [0.1, 0.15) is 17.3 Å². The minimum atomic E-state index is -0.817. The number of carbonyl (C=O) groups excluding carboxylic acids is 2. The van der Waals surface area contributed by atoms with Crippen molar-refractivity contribution < 1.29 is 23.5 Å². The van der Waals surface area contributed by atoms with Crippen molar-refractivity contribution in [1.29, 1.82) is 0 Å². The van der Waals surface area contributed by atoms with Crippen LogP contribution in [0, 0.1) is 5.82 Å². The summed E-state index contributed by atoms with van der Waals surface area (Å²) < 4.78 is 24.6. The number of halogens is 2. The SMILES string of the molecule is CCOC(=O)C(=CN(C)c1ccc(OC)cc1)C(=O)c1cccc(Br)c1F. The first-order valence-corrected chi connectivity index (χ1v) is 8.92. The molecule has 2 aromatic carbocycles. The van der Waals surface area contributed by atoms with Gasteiger partial charge in [0.15, 0.2) is 0 Å². The second-order valence-corrected chi connectivity index (χ2v) is 6.36. The van der Waals surface area contributed by atoms with Crippen LogP contribution < -0.4 is 9.64 Å². The van der Waals surface area contributed by atoms with Gasteiger partial charge in [-0.2, -0.15) is 0 Å². The van der Waals surface area contributed by atoms with E-state index in [4.69, 9.17) is 9.47 Å². The quantitative estimate of drug-likeness (QED) is 0.212. The number of hydrogen-bond acceptors (Lipinski definition) is 5. The molecular weight excluding hydrogens is 417 g/mol. The molecule has 7 heteroatoms. The Morgan fingerprint density at radius 1 is 1.19 bits per heavy atom. The average Bonchev–Trinajstić information content (AvgIpc) is 2.67. The Balaban J connectivity index is 2.43. The molecule has 0 unspecified atom stereocenters. The fourth-order valence-electron chi connectivity index (χ4n) is 2.32. The predicted molar refractivity (Wildman–Crippen MR) is 105 cm³/mol. The number of hydrogen-bond donors (Lipinski definition) is 0. The fraction of sp³-hybridized carbons (Fsp3) is 0.200. The van der Waals surface area contributed by atoms with Crippen LogP contribution in [0.25, 0.3) is 0 Å². The molecule has 0 aliphatic rings. The topological polar surface area (TPSA) is 55.8 Å². The zero-order valence-electron chi connectivity index (χ0n) is 15.2. The molecule has 0 amide bonds. The van der Waals surface area contributed by atoms with Gasteiger partial charge < -0.3 is 14.4 Å². The maximum absolute atomic E-state index is 14.3. The molecule has 0 aromatic heterocycles. The summed E-state index contributed by atoms with van der Waals surface area (Å²) in [7, 11) is 3.23. The van der Waals surface area contributed by atoms with Gasteiger partial charge in [0, 0.05) is 18.9 Å². The molecule has 5 nitrogen and oxygen atoms in total. The predicted octanol–water partition coefficient (Wildman–Crippen LogP) is 4.36. The van der Waals surface area contributed by atoms with Crippen molar-refractivity contribution in [3.63, 3.8) is 0 Å². The number of anilines is 1. The summed E-state index contributed by atoms with van der Waals surface area (Å²) in [5, 5.41) is 0. The van der Waals surface area contributed by atoms with Crippen LogP contribution in [0.4, 0.5) is 10.1 Å². The Morgan fingerprint density at radius 3 is 2.44 bits per heavy atom. The van der Waals surface area contributed by atoms with Crippen LogP contribution >= 0.6 is 15.9 Å². The van der Waals surface area contributed by atoms with Gasteiger partial charge in [-0.05, 0) is 59.3 Å². The van der Waals surface area contributed by atoms with E-state index in [1.54, 1.807) is 50.2 Å². The number of ether oxygens (including phenoxy) is 2. The van der Waals surface area contributed by atoms with Crippen LogP contribution in [0.3, 0.4) is 0 Å². The summed E-state index contributed by atoms with van der Waals surface area (Å²) in [4.78, 5) is 26.7. The van der Waals surface area contributed by atoms with Gasteiger partial charge in [-0.15, -0.1) is 0 Å². The number of esters is 1. The van der Waals surface area contributed by atoms with Crippen molar-refractivity contribution in [3.05, 3.63) is 70.1 Å². The second kappa shape index (κ2) is 9.32. The molecule has 0 N–H and O–H groups in total. The zero-order chi connectivity index (χ0) is 20.0.